The number of amides is 2. The maximum absolute atomic E-state index is 13.5. The molecule has 158 valence electrons. The summed E-state index contributed by atoms with van der Waals surface area (Å²) in [6, 6.07) is 9.40. The normalized spacial score (nSPS) is 17.4. The van der Waals surface area contributed by atoms with Crippen LogP contribution in [0.25, 0.3) is 5.57 Å². The van der Waals surface area contributed by atoms with Crippen LogP contribution in [0, 0.1) is 0 Å². The molecule has 2 aromatic rings. The number of aromatic amines is 1. The fourth-order valence-corrected chi connectivity index (χ4v) is 4.07. The highest BCUT2D eigenvalue weighted by molar-refractivity contribution is 6.35. The van der Waals surface area contributed by atoms with Crippen molar-refractivity contribution in [3.05, 3.63) is 63.2 Å². The van der Waals surface area contributed by atoms with E-state index in [4.69, 9.17) is 4.74 Å². The van der Waals surface area contributed by atoms with Gasteiger partial charge in [-0.2, -0.15) is 0 Å². The Kier molecular flexibility index (Phi) is 5.59. The summed E-state index contributed by atoms with van der Waals surface area (Å²) in [6.07, 6.45) is 1.43. The number of imide groups is 1. The number of carbonyl (C=O) groups is 2. The van der Waals surface area contributed by atoms with Gasteiger partial charge in [0, 0.05) is 25.8 Å². The molecule has 3 heterocycles. The van der Waals surface area contributed by atoms with Gasteiger partial charge in [-0.05, 0) is 12.0 Å². The topological polar surface area (TPSA) is 87.6 Å². The molecule has 4 rings (SSSR count). The van der Waals surface area contributed by atoms with Crippen LogP contribution in [0.1, 0.15) is 30.2 Å². The van der Waals surface area contributed by atoms with Crippen molar-refractivity contribution in [3.63, 3.8) is 0 Å². The van der Waals surface area contributed by atoms with Crippen molar-refractivity contribution in [1.82, 2.24) is 19.6 Å². The van der Waals surface area contributed by atoms with Gasteiger partial charge in [-0.3, -0.25) is 29.1 Å². The number of aryl methyl sites for hydroxylation is 2. The molecule has 1 N–H and O–H groups in total. The van der Waals surface area contributed by atoms with Crippen molar-refractivity contribution >= 4 is 17.4 Å². The Bertz CT molecular complexity index is 1040. The molecule has 8 heteroatoms. The molecule has 2 amide bonds. The second-order valence-corrected chi connectivity index (χ2v) is 7.58. The summed E-state index contributed by atoms with van der Waals surface area (Å²) in [6.45, 7) is 4.14. The molecule has 0 bridgehead atoms. The Balaban J connectivity index is 1.83. The molecule has 0 radical (unpaired) electrons. The van der Waals surface area contributed by atoms with E-state index in [1.54, 1.807) is 7.05 Å². The minimum absolute atomic E-state index is 0.170. The molecule has 1 fully saturated rings. The number of morpholine rings is 1. The van der Waals surface area contributed by atoms with Crippen LogP contribution >= 0.6 is 0 Å². The molecule has 1 aromatic heterocycles. The average molecular weight is 410 g/mol. The van der Waals surface area contributed by atoms with Gasteiger partial charge in [0.05, 0.1) is 30.9 Å². The lowest BCUT2D eigenvalue weighted by Gasteiger charge is -2.29. The van der Waals surface area contributed by atoms with Crippen molar-refractivity contribution in [2.45, 2.75) is 26.3 Å². The summed E-state index contributed by atoms with van der Waals surface area (Å²) < 4.78 is 6.81. The lowest BCUT2D eigenvalue weighted by Crippen LogP contribution is -2.40. The van der Waals surface area contributed by atoms with Gasteiger partial charge < -0.3 is 9.64 Å². The fourth-order valence-electron chi connectivity index (χ4n) is 4.07. The lowest BCUT2D eigenvalue weighted by molar-refractivity contribution is -0.138. The van der Waals surface area contributed by atoms with Crippen LogP contribution < -0.4 is 5.56 Å². The van der Waals surface area contributed by atoms with Crippen LogP contribution in [0.3, 0.4) is 0 Å². The highest BCUT2D eigenvalue weighted by Gasteiger charge is 2.44. The Morgan fingerprint density at radius 1 is 1.03 bits per heavy atom. The van der Waals surface area contributed by atoms with E-state index in [1.807, 2.05) is 42.2 Å². The molecule has 30 heavy (non-hydrogen) atoms. The van der Waals surface area contributed by atoms with Crippen LogP contribution in [-0.4, -0.2) is 57.7 Å². The van der Waals surface area contributed by atoms with Gasteiger partial charge in [0.25, 0.3) is 17.4 Å². The van der Waals surface area contributed by atoms with E-state index in [9.17, 15) is 14.4 Å². The van der Waals surface area contributed by atoms with Crippen LogP contribution in [-0.2, 0) is 34.3 Å². The lowest BCUT2D eigenvalue weighted by atomic mass is 10.0. The fraction of sp³-hybridized carbons (Fsp3) is 0.409. The minimum Gasteiger partial charge on any atom is -0.378 e. The molecule has 0 saturated carbocycles. The van der Waals surface area contributed by atoms with Crippen LogP contribution in [0.15, 0.2) is 40.8 Å². The van der Waals surface area contributed by atoms with E-state index in [0.717, 1.165) is 12.0 Å². The van der Waals surface area contributed by atoms with Gasteiger partial charge >= 0.3 is 0 Å². The van der Waals surface area contributed by atoms with Crippen LogP contribution in [0.5, 0.6) is 0 Å². The Labute approximate surface area is 174 Å². The van der Waals surface area contributed by atoms with E-state index in [0.29, 0.717) is 49.7 Å². The second kappa shape index (κ2) is 8.31. The number of aromatic nitrogens is 2. The summed E-state index contributed by atoms with van der Waals surface area (Å²) in [5.74, 6) is -0.772. The SMILES string of the molecule is CCCc1[nH]n(C)c(=O)c1C1=C(N2CCOCC2)C(=O)N(Cc2ccccc2)C1=O. The Morgan fingerprint density at radius 3 is 2.40 bits per heavy atom. The zero-order valence-corrected chi connectivity index (χ0v) is 17.3. The number of hydrogen-bond donors (Lipinski definition) is 1. The number of benzene rings is 1. The first-order valence-corrected chi connectivity index (χ1v) is 10.3. The predicted molar refractivity (Wildman–Crippen MR) is 111 cm³/mol. The Morgan fingerprint density at radius 2 is 1.73 bits per heavy atom. The third-order valence-corrected chi connectivity index (χ3v) is 5.53. The summed E-state index contributed by atoms with van der Waals surface area (Å²) in [5, 5.41) is 3.06. The van der Waals surface area contributed by atoms with Crippen molar-refractivity contribution in [2.24, 2.45) is 7.05 Å². The molecule has 0 aliphatic carbocycles. The minimum atomic E-state index is -0.417. The predicted octanol–water partition coefficient (Wildman–Crippen LogP) is 1.28. The zero-order chi connectivity index (χ0) is 21.3. The van der Waals surface area contributed by atoms with Crippen molar-refractivity contribution in [2.75, 3.05) is 26.3 Å². The Hall–Kier alpha value is -3.13. The van der Waals surface area contributed by atoms with Crippen molar-refractivity contribution < 1.29 is 14.3 Å². The number of rotatable bonds is 6. The van der Waals surface area contributed by atoms with E-state index >= 15 is 0 Å². The molecule has 8 nitrogen and oxygen atoms in total. The van der Waals surface area contributed by atoms with Crippen LogP contribution in [0.2, 0.25) is 0 Å². The van der Waals surface area contributed by atoms with E-state index in [-0.39, 0.29) is 23.6 Å². The molecule has 0 unspecified atom stereocenters. The number of nitrogens with zero attached hydrogens (tertiary/aromatic N) is 3. The molecule has 0 spiro atoms. The number of ether oxygens (including phenoxy) is 1. The molecule has 0 atom stereocenters. The van der Waals surface area contributed by atoms with Gasteiger partial charge in [-0.25, -0.2) is 0 Å². The van der Waals surface area contributed by atoms with Crippen molar-refractivity contribution in [1.29, 1.82) is 0 Å². The first-order chi connectivity index (χ1) is 14.5. The number of hydrogen-bond acceptors (Lipinski definition) is 5. The smallest absolute Gasteiger partial charge is 0.278 e. The average Bonchev–Trinajstić information content (AvgIpc) is 3.16. The van der Waals surface area contributed by atoms with E-state index in [2.05, 4.69) is 5.10 Å². The summed E-state index contributed by atoms with van der Waals surface area (Å²) in [4.78, 5) is 43.1. The van der Waals surface area contributed by atoms with Gasteiger partial charge in [0.15, 0.2) is 0 Å². The van der Waals surface area contributed by atoms with Gasteiger partial charge in [0.1, 0.15) is 5.70 Å². The van der Waals surface area contributed by atoms with Gasteiger partial charge in [-0.1, -0.05) is 43.7 Å². The number of H-pyrrole nitrogens is 1. The highest BCUT2D eigenvalue weighted by Crippen LogP contribution is 2.33. The maximum Gasteiger partial charge on any atom is 0.278 e. The molecule has 1 aromatic carbocycles. The van der Waals surface area contributed by atoms with E-state index < -0.39 is 5.91 Å². The summed E-state index contributed by atoms with van der Waals surface area (Å²) in [5.41, 5.74) is 2.10. The van der Waals surface area contributed by atoms with Crippen molar-refractivity contribution in [3.8, 4) is 0 Å². The molecular formula is C22H26N4O4. The first kappa shape index (κ1) is 20.2. The second-order valence-electron chi connectivity index (χ2n) is 7.58. The maximum atomic E-state index is 13.5. The molecule has 2 aliphatic heterocycles. The van der Waals surface area contributed by atoms with E-state index in [1.165, 1.54) is 9.58 Å². The largest absolute Gasteiger partial charge is 0.378 e. The highest BCUT2D eigenvalue weighted by atomic mass is 16.5. The molecular weight excluding hydrogens is 384 g/mol. The zero-order valence-electron chi connectivity index (χ0n) is 17.3. The first-order valence-electron chi connectivity index (χ1n) is 10.3. The quantitative estimate of drug-likeness (QED) is 0.725. The number of nitrogens with one attached hydrogen (secondary N) is 1. The van der Waals surface area contributed by atoms with Gasteiger partial charge in [-0.15, -0.1) is 0 Å². The summed E-state index contributed by atoms with van der Waals surface area (Å²) >= 11 is 0. The molecule has 2 aliphatic rings. The standard InChI is InChI=1S/C22H26N4O4/c1-3-7-16-17(20(27)24(2)23-16)18-19(25-10-12-30-13-11-25)22(29)26(21(18)28)14-15-8-5-4-6-9-15/h4-6,8-9,23H,3,7,10-14H2,1-2H3. The molecule has 1 saturated heterocycles. The summed E-state index contributed by atoms with van der Waals surface area (Å²) in [7, 11) is 1.63. The monoisotopic (exact) mass is 410 g/mol. The third kappa shape index (κ3) is 3.47. The van der Waals surface area contributed by atoms with Crippen LogP contribution in [0.4, 0.5) is 0 Å². The van der Waals surface area contributed by atoms with Gasteiger partial charge in [0.2, 0.25) is 0 Å². The number of carbonyl (C=O) groups excluding carboxylic acids is 2. The third-order valence-electron chi connectivity index (χ3n) is 5.53.